The largest absolute Gasteiger partial charge is 0.434 e. The summed E-state index contributed by atoms with van der Waals surface area (Å²) in [6.07, 6.45) is 8.11. The maximum absolute atomic E-state index is 12.7. The zero-order valence-corrected chi connectivity index (χ0v) is 16.7. The summed E-state index contributed by atoms with van der Waals surface area (Å²) in [4.78, 5) is 0. The average Bonchev–Trinajstić information content (AvgIpc) is 2.85. The molecule has 0 radical (unpaired) electrons. The number of benzene rings is 1. The number of anilines is 1. The van der Waals surface area contributed by atoms with Gasteiger partial charge in [-0.25, -0.2) is 14.7 Å². The van der Waals surface area contributed by atoms with Crippen molar-refractivity contribution in [1.29, 1.82) is 0 Å². The van der Waals surface area contributed by atoms with Crippen LogP contribution in [-0.2, 0) is 11.5 Å². The van der Waals surface area contributed by atoms with Crippen LogP contribution in [0.5, 0.6) is 5.75 Å². The SMILES string of the molecule is CS(C)(C)CCOCn1ncc(N)c1-c1cc(Br)ccc1OC(F)F. The zero-order valence-electron chi connectivity index (χ0n) is 14.3. The molecule has 1 aromatic heterocycles. The fourth-order valence-corrected chi connectivity index (χ4v) is 3.12. The number of rotatable bonds is 8. The van der Waals surface area contributed by atoms with Crippen molar-refractivity contribution in [2.45, 2.75) is 13.3 Å². The quantitative estimate of drug-likeness (QED) is 0.629. The van der Waals surface area contributed by atoms with Crippen molar-refractivity contribution in [2.24, 2.45) is 0 Å². The van der Waals surface area contributed by atoms with E-state index in [4.69, 9.17) is 10.5 Å². The third-order valence-corrected chi connectivity index (χ3v) is 5.22. The molecule has 2 rings (SSSR count). The van der Waals surface area contributed by atoms with Crippen molar-refractivity contribution in [1.82, 2.24) is 9.78 Å². The second-order valence-electron chi connectivity index (χ2n) is 6.30. The van der Waals surface area contributed by atoms with Crippen molar-refractivity contribution in [3.8, 4) is 17.0 Å². The first-order valence-electron chi connectivity index (χ1n) is 7.47. The Morgan fingerprint density at radius 1 is 1.32 bits per heavy atom. The minimum Gasteiger partial charge on any atom is -0.434 e. The summed E-state index contributed by atoms with van der Waals surface area (Å²) < 4.78 is 38.0. The molecule has 140 valence electrons. The van der Waals surface area contributed by atoms with E-state index in [0.29, 0.717) is 28.0 Å². The predicted octanol–water partition coefficient (Wildman–Crippen LogP) is 4.16. The van der Waals surface area contributed by atoms with Crippen molar-refractivity contribution in [3.63, 3.8) is 0 Å². The van der Waals surface area contributed by atoms with E-state index in [2.05, 4.69) is 44.5 Å². The molecule has 0 atom stereocenters. The van der Waals surface area contributed by atoms with Crippen LogP contribution in [0.25, 0.3) is 11.3 Å². The number of nitrogen functional groups attached to an aromatic ring is 1. The number of aromatic nitrogens is 2. The third kappa shape index (κ3) is 5.86. The second-order valence-corrected chi connectivity index (χ2v) is 11.8. The predicted molar refractivity (Wildman–Crippen MR) is 103 cm³/mol. The van der Waals surface area contributed by atoms with Gasteiger partial charge >= 0.3 is 6.61 Å². The summed E-state index contributed by atoms with van der Waals surface area (Å²) in [5, 5.41) is 4.19. The molecule has 5 nitrogen and oxygen atoms in total. The summed E-state index contributed by atoms with van der Waals surface area (Å²) >= 11 is 3.34. The molecular weight excluding hydrogens is 416 g/mol. The molecule has 2 aromatic rings. The Morgan fingerprint density at radius 3 is 2.68 bits per heavy atom. The highest BCUT2D eigenvalue weighted by atomic mass is 79.9. The van der Waals surface area contributed by atoms with Crippen LogP contribution >= 0.6 is 26.0 Å². The number of nitrogens with two attached hydrogens (primary N) is 1. The molecule has 1 heterocycles. The van der Waals surface area contributed by atoms with Gasteiger partial charge in [-0.15, -0.1) is 0 Å². The van der Waals surface area contributed by atoms with Gasteiger partial charge < -0.3 is 15.2 Å². The van der Waals surface area contributed by atoms with Crippen LogP contribution in [0, 0.1) is 0 Å². The summed E-state index contributed by atoms with van der Waals surface area (Å²) in [6.45, 7) is -2.15. The standard InChI is InChI=1S/C16H22BrF2N3O2S/c1-25(2,3)7-6-23-10-22-15(13(20)9-21-22)12-8-11(17)4-5-14(12)24-16(18)19/h4-5,8-9,16H,6-7,10,20H2,1-3H3. The Labute approximate surface area is 155 Å². The van der Waals surface area contributed by atoms with E-state index in [1.807, 2.05) is 0 Å². The molecule has 0 aliphatic carbocycles. The molecule has 0 bridgehead atoms. The number of nitrogens with zero attached hydrogens (tertiary/aromatic N) is 2. The smallest absolute Gasteiger partial charge is 0.387 e. The lowest BCUT2D eigenvalue weighted by Gasteiger charge is -2.24. The van der Waals surface area contributed by atoms with Crippen molar-refractivity contribution >= 4 is 31.6 Å². The lowest BCUT2D eigenvalue weighted by Crippen LogP contribution is -2.12. The zero-order chi connectivity index (χ0) is 18.6. The highest BCUT2D eigenvalue weighted by Crippen LogP contribution is 2.37. The molecule has 0 saturated carbocycles. The Morgan fingerprint density at radius 2 is 2.04 bits per heavy atom. The number of alkyl halides is 2. The maximum Gasteiger partial charge on any atom is 0.387 e. The van der Waals surface area contributed by atoms with Gasteiger partial charge in [0.25, 0.3) is 0 Å². The minimum atomic E-state index is -2.93. The number of hydrogen-bond acceptors (Lipinski definition) is 4. The fraction of sp³-hybridized carbons (Fsp3) is 0.438. The van der Waals surface area contributed by atoms with E-state index < -0.39 is 16.6 Å². The van der Waals surface area contributed by atoms with E-state index in [9.17, 15) is 8.78 Å². The van der Waals surface area contributed by atoms with E-state index in [1.54, 1.807) is 16.8 Å². The van der Waals surface area contributed by atoms with Gasteiger partial charge in [0.1, 0.15) is 12.5 Å². The Hall–Kier alpha value is -1.32. The molecule has 0 saturated heterocycles. The first-order chi connectivity index (χ1) is 11.7. The van der Waals surface area contributed by atoms with Gasteiger partial charge in [-0.2, -0.15) is 13.9 Å². The molecule has 0 fully saturated rings. The van der Waals surface area contributed by atoms with Crippen LogP contribution in [0.15, 0.2) is 28.9 Å². The highest BCUT2D eigenvalue weighted by molar-refractivity contribution is 9.10. The Balaban J connectivity index is 2.25. The lowest BCUT2D eigenvalue weighted by molar-refractivity contribution is -0.0495. The van der Waals surface area contributed by atoms with Gasteiger partial charge in [0.05, 0.1) is 24.2 Å². The molecule has 0 aliphatic rings. The van der Waals surface area contributed by atoms with Gasteiger partial charge in [-0.05, 0) is 37.0 Å². The molecular formula is C16H22BrF2N3O2S. The first-order valence-corrected chi connectivity index (χ1v) is 11.3. The minimum absolute atomic E-state index is 0.0331. The van der Waals surface area contributed by atoms with Gasteiger partial charge in [0, 0.05) is 15.8 Å². The van der Waals surface area contributed by atoms with Gasteiger partial charge in [-0.3, -0.25) is 0 Å². The van der Waals surface area contributed by atoms with E-state index >= 15 is 0 Å². The van der Waals surface area contributed by atoms with Crippen molar-refractivity contribution in [2.75, 3.05) is 36.9 Å². The molecule has 0 amide bonds. The van der Waals surface area contributed by atoms with E-state index in [-0.39, 0.29) is 12.5 Å². The van der Waals surface area contributed by atoms with Crippen LogP contribution in [0.2, 0.25) is 0 Å². The van der Waals surface area contributed by atoms with Crippen molar-refractivity contribution in [3.05, 3.63) is 28.9 Å². The average molecular weight is 438 g/mol. The van der Waals surface area contributed by atoms with Crippen LogP contribution in [0.1, 0.15) is 0 Å². The molecule has 0 aliphatic heterocycles. The topological polar surface area (TPSA) is 62.3 Å². The normalized spacial score (nSPS) is 12.6. The van der Waals surface area contributed by atoms with Gasteiger partial charge in [-0.1, -0.05) is 15.9 Å². The number of hydrogen-bond donors (Lipinski definition) is 1. The van der Waals surface area contributed by atoms with Gasteiger partial charge in [0.2, 0.25) is 0 Å². The molecule has 1 aromatic carbocycles. The third-order valence-electron chi connectivity index (χ3n) is 3.33. The Bertz CT molecular complexity index is 720. The summed E-state index contributed by atoms with van der Waals surface area (Å²) in [5.74, 6) is 1.00. The molecule has 0 spiro atoms. The summed E-state index contributed by atoms with van der Waals surface area (Å²) in [7, 11) is -0.650. The first kappa shape index (κ1) is 20.0. The molecule has 25 heavy (non-hydrogen) atoms. The summed E-state index contributed by atoms with van der Waals surface area (Å²) in [5.41, 5.74) is 7.28. The van der Waals surface area contributed by atoms with Crippen LogP contribution in [0.4, 0.5) is 14.5 Å². The van der Waals surface area contributed by atoms with Gasteiger partial charge in [0.15, 0.2) is 0 Å². The fourth-order valence-electron chi connectivity index (χ4n) is 2.14. The van der Waals surface area contributed by atoms with Crippen LogP contribution in [-0.4, -0.2) is 47.5 Å². The van der Waals surface area contributed by atoms with Crippen molar-refractivity contribution < 1.29 is 18.3 Å². The molecule has 0 unspecified atom stereocenters. The molecule has 9 heteroatoms. The second kappa shape index (κ2) is 8.37. The lowest BCUT2D eigenvalue weighted by atomic mass is 10.1. The van der Waals surface area contributed by atoms with E-state index in [0.717, 1.165) is 5.75 Å². The summed E-state index contributed by atoms with van der Waals surface area (Å²) in [6, 6.07) is 4.76. The maximum atomic E-state index is 12.7. The van der Waals surface area contributed by atoms with Crippen LogP contribution in [0.3, 0.4) is 0 Å². The number of ether oxygens (including phenoxy) is 2. The number of halogens is 3. The van der Waals surface area contributed by atoms with Crippen LogP contribution < -0.4 is 10.5 Å². The van der Waals surface area contributed by atoms with E-state index in [1.165, 1.54) is 12.3 Å². The Kier molecular flexibility index (Phi) is 6.70. The monoisotopic (exact) mass is 437 g/mol. The highest BCUT2D eigenvalue weighted by Gasteiger charge is 2.18. The molecule has 2 N–H and O–H groups in total.